The zero-order valence-corrected chi connectivity index (χ0v) is 40.7. The Bertz CT molecular complexity index is 732. The average molecular weight is 818 g/mol. The molecular formula is C56H112O2. The fourth-order valence-corrected chi connectivity index (χ4v) is 9.45. The Morgan fingerprint density at radius 2 is 0.362 bits per heavy atom. The molecule has 0 aromatic carbocycles. The van der Waals surface area contributed by atoms with Gasteiger partial charge in [0, 0.05) is 0 Å². The van der Waals surface area contributed by atoms with Crippen molar-refractivity contribution in [2.45, 2.75) is 348 Å². The summed E-state index contributed by atoms with van der Waals surface area (Å²) in [4.78, 5) is 11.8. The molecule has 0 radical (unpaired) electrons. The maximum absolute atomic E-state index is 11.8. The van der Waals surface area contributed by atoms with Crippen molar-refractivity contribution in [3.63, 3.8) is 0 Å². The van der Waals surface area contributed by atoms with Crippen molar-refractivity contribution in [1.29, 1.82) is 0 Å². The van der Waals surface area contributed by atoms with E-state index in [1.165, 1.54) is 308 Å². The molecule has 0 fully saturated rings. The SMILES string of the molecule is CCCCCCCCCCCCCCCCCCCCCCCCCCCCCCCCCCCCC(CCCCCCCCCCCCCCCCCC)C(=O)O. The van der Waals surface area contributed by atoms with Crippen LogP contribution in [-0.4, -0.2) is 11.1 Å². The summed E-state index contributed by atoms with van der Waals surface area (Å²) in [5.74, 6) is -0.651. The lowest BCUT2D eigenvalue weighted by molar-refractivity contribution is -0.142. The van der Waals surface area contributed by atoms with Crippen LogP contribution in [0.1, 0.15) is 348 Å². The minimum Gasteiger partial charge on any atom is -0.481 e. The van der Waals surface area contributed by atoms with Crippen LogP contribution in [0.5, 0.6) is 0 Å². The standard InChI is InChI=1S/C56H112O2/c1-3-5-7-9-11-13-15-17-19-21-22-23-24-25-26-27-28-29-30-31-32-33-34-35-36-37-38-40-42-44-46-48-50-52-54-55(56(57)58)53-51-49-47-45-43-41-39-20-18-16-14-12-10-8-6-4-2/h55H,3-54H2,1-2H3,(H,57,58). The number of hydrogen-bond donors (Lipinski definition) is 1. The summed E-state index contributed by atoms with van der Waals surface area (Å²) in [6, 6.07) is 0. The molecule has 0 saturated heterocycles. The van der Waals surface area contributed by atoms with E-state index in [0.29, 0.717) is 0 Å². The van der Waals surface area contributed by atoms with Crippen LogP contribution in [0.15, 0.2) is 0 Å². The smallest absolute Gasteiger partial charge is 0.306 e. The summed E-state index contributed by atoms with van der Waals surface area (Å²) in [6.45, 7) is 4.60. The molecule has 58 heavy (non-hydrogen) atoms. The fourth-order valence-electron chi connectivity index (χ4n) is 9.45. The van der Waals surface area contributed by atoms with Crippen LogP contribution in [0.4, 0.5) is 0 Å². The summed E-state index contributed by atoms with van der Waals surface area (Å²) in [6.07, 6.45) is 72.5. The van der Waals surface area contributed by atoms with E-state index in [1.54, 1.807) is 0 Å². The fraction of sp³-hybridized carbons (Fsp3) is 0.982. The number of carboxylic acids is 1. The number of rotatable bonds is 53. The van der Waals surface area contributed by atoms with E-state index in [-0.39, 0.29) is 5.92 Å². The lowest BCUT2D eigenvalue weighted by atomic mass is 9.94. The predicted molar refractivity (Wildman–Crippen MR) is 263 cm³/mol. The van der Waals surface area contributed by atoms with Crippen molar-refractivity contribution in [2.75, 3.05) is 0 Å². The summed E-state index contributed by atoms with van der Waals surface area (Å²) in [7, 11) is 0. The first-order valence-electron chi connectivity index (χ1n) is 27.9. The highest BCUT2D eigenvalue weighted by molar-refractivity contribution is 5.69. The van der Waals surface area contributed by atoms with Gasteiger partial charge in [0.05, 0.1) is 5.92 Å². The normalized spacial score (nSPS) is 12.2. The molecule has 0 aromatic rings. The summed E-state index contributed by atoms with van der Waals surface area (Å²) < 4.78 is 0. The molecule has 0 aliphatic carbocycles. The second-order valence-electron chi connectivity index (χ2n) is 19.6. The molecule has 0 saturated carbocycles. The van der Waals surface area contributed by atoms with Gasteiger partial charge in [-0.25, -0.2) is 0 Å². The van der Waals surface area contributed by atoms with Crippen LogP contribution < -0.4 is 0 Å². The first-order valence-corrected chi connectivity index (χ1v) is 27.9. The minimum atomic E-state index is -0.549. The zero-order chi connectivity index (χ0) is 41.9. The number of carboxylic acid groups (broad SMARTS) is 1. The molecule has 0 aliphatic heterocycles. The maximum atomic E-state index is 11.8. The topological polar surface area (TPSA) is 37.3 Å². The first-order chi connectivity index (χ1) is 28.7. The third-order valence-corrected chi connectivity index (χ3v) is 13.7. The Kier molecular flexibility index (Phi) is 52.1. The maximum Gasteiger partial charge on any atom is 0.306 e. The minimum absolute atomic E-state index is 0.102. The third-order valence-electron chi connectivity index (χ3n) is 13.7. The van der Waals surface area contributed by atoms with Crippen molar-refractivity contribution in [3.05, 3.63) is 0 Å². The van der Waals surface area contributed by atoms with Gasteiger partial charge in [-0.05, 0) is 12.8 Å². The molecule has 0 spiro atoms. The van der Waals surface area contributed by atoms with Gasteiger partial charge in [-0.15, -0.1) is 0 Å². The van der Waals surface area contributed by atoms with Crippen molar-refractivity contribution < 1.29 is 9.90 Å². The number of unbranched alkanes of at least 4 members (excludes halogenated alkanes) is 48. The van der Waals surface area contributed by atoms with Crippen molar-refractivity contribution in [1.82, 2.24) is 0 Å². The van der Waals surface area contributed by atoms with Crippen LogP contribution in [0.2, 0.25) is 0 Å². The largest absolute Gasteiger partial charge is 0.481 e. The Balaban J connectivity index is 3.27. The molecule has 1 atom stereocenters. The molecule has 348 valence electrons. The number of hydrogen-bond acceptors (Lipinski definition) is 1. The van der Waals surface area contributed by atoms with E-state index >= 15 is 0 Å². The predicted octanol–water partition coefficient (Wildman–Crippen LogP) is 21.0. The molecule has 1 unspecified atom stereocenters. The summed E-state index contributed by atoms with van der Waals surface area (Å²) in [5.41, 5.74) is 0. The van der Waals surface area contributed by atoms with E-state index in [9.17, 15) is 9.90 Å². The summed E-state index contributed by atoms with van der Waals surface area (Å²) >= 11 is 0. The van der Waals surface area contributed by atoms with Gasteiger partial charge in [0.25, 0.3) is 0 Å². The lowest BCUT2D eigenvalue weighted by Crippen LogP contribution is -2.13. The second kappa shape index (κ2) is 52.6. The molecule has 0 amide bonds. The Labute approximate surface area is 368 Å². The van der Waals surface area contributed by atoms with Gasteiger partial charge in [-0.3, -0.25) is 4.79 Å². The second-order valence-corrected chi connectivity index (χ2v) is 19.6. The van der Waals surface area contributed by atoms with Crippen LogP contribution in [0.3, 0.4) is 0 Å². The molecule has 1 N–H and O–H groups in total. The van der Waals surface area contributed by atoms with E-state index in [1.807, 2.05) is 0 Å². The quantitative estimate of drug-likeness (QED) is 0.0621. The van der Waals surface area contributed by atoms with Crippen LogP contribution in [0.25, 0.3) is 0 Å². The van der Waals surface area contributed by atoms with Crippen LogP contribution >= 0.6 is 0 Å². The van der Waals surface area contributed by atoms with Gasteiger partial charge in [0.15, 0.2) is 0 Å². The van der Waals surface area contributed by atoms with E-state index in [2.05, 4.69) is 13.8 Å². The molecule has 0 bridgehead atoms. The molecule has 0 rings (SSSR count). The van der Waals surface area contributed by atoms with Crippen molar-refractivity contribution in [2.24, 2.45) is 5.92 Å². The van der Waals surface area contributed by atoms with Gasteiger partial charge in [0.1, 0.15) is 0 Å². The molecule has 2 nitrogen and oxygen atoms in total. The van der Waals surface area contributed by atoms with Gasteiger partial charge in [-0.1, -0.05) is 335 Å². The highest BCUT2D eigenvalue weighted by Gasteiger charge is 2.16. The van der Waals surface area contributed by atoms with Gasteiger partial charge in [-0.2, -0.15) is 0 Å². The average Bonchev–Trinajstić information content (AvgIpc) is 3.22. The van der Waals surface area contributed by atoms with Gasteiger partial charge < -0.3 is 5.11 Å². The monoisotopic (exact) mass is 817 g/mol. The molecule has 2 heteroatoms. The molecule has 0 aliphatic rings. The van der Waals surface area contributed by atoms with E-state index in [4.69, 9.17) is 0 Å². The van der Waals surface area contributed by atoms with Crippen molar-refractivity contribution in [3.8, 4) is 0 Å². The van der Waals surface area contributed by atoms with Crippen molar-refractivity contribution >= 4 is 5.97 Å². The molecule has 0 aromatic heterocycles. The summed E-state index contributed by atoms with van der Waals surface area (Å²) in [5, 5.41) is 9.72. The Hall–Kier alpha value is -0.530. The number of carbonyl (C=O) groups is 1. The lowest BCUT2D eigenvalue weighted by Gasteiger charge is -2.12. The molecular weight excluding hydrogens is 705 g/mol. The third kappa shape index (κ3) is 49.8. The highest BCUT2D eigenvalue weighted by atomic mass is 16.4. The highest BCUT2D eigenvalue weighted by Crippen LogP contribution is 2.21. The van der Waals surface area contributed by atoms with Crippen LogP contribution in [-0.2, 0) is 4.79 Å². The van der Waals surface area contributed by atoms with Crippen LogP contribution in [0, 0.1) is 5.92 Å². The number of aliphatic carboxylic acids is 1. The van der Waals surface area contributed by atoms with E-state index in [0.717, 1.165) is 25.7 Å². The Morgan fingerprint density at radius 1 is 0.241 bits per heavy atom. The van der Waals surface area contributed by atoms with E-state index < -0.39 is 5.97 Å². The zero-order valence-electron chi connectivity index (χ0n) is 40.7. The van der Waals surface area contributed by atoms with Gasteiger partial charge in [0.2, 0.25) is 0 Å². The van der Waals surface area contributed by atoms with Gasteiger partial charge >= 0.3 is 5.97 Å². The molecule has 0 heterocycles. The Morgan fingerprint density at radius 3 is 0.483 bits per heavy atom. The first kappa shape index (κ1) is 57.5.